The van der Waals surface area contributed by atoms with Crippen LogP contribution in [0.2, 0.25) is 0 Å². The number of hydrogen-bond acceptors (Lipinski definition) is 1. The van der Waals surface area contributed by atoms with Crippen LogP contribution in [0.25, 0.3) is 21.5 Å². The van der Waals surface area contributed by atoms with Crippen LogP contribution in [0, 0.1) is 0 Å². The lowest BCUT2D eigenvalue weighted by molar-refractivity contribution is 1.09. The Bertz CT molecular complexity index is 945. The van der Waals surface area contributed by atoms with Crippen LogP contribution in [0.5, 0.6) is 0 Å². The van der Waals surface area contributed by atoms with E-state index in [1.807, 2.05) is 11.8 Å². The summed E-state index contributed by atoms with van der Waals surface area (Å²) in [6.07, 6.45) is 1.03. The van der Waals surface area contributed by atoms with E-state index < -0.39 is 0 Å². The van der Waals surface area contributed by atoms with Crippen molar-refractivity contribution in [3.8, 4) is 0 Å². The Labute approximate surface area is 133 Å². The average molecular weight is 298 g/mol. The summed E-state index contributed by atoms with van der Waals surface area (Å²) in [5, 5.41) is 5.44. The summed E-state index contributed by atoms with van der Waals surface area (Å²) in [6, 6.07) is 26.5. The molecule has 0 nitrogen and oxygen atoms in total. The maximum atomic E-state index is 2.30. The first kappa shape index (κ1) is 12.3. The van der Waals surface area contributed by atoms with Crippen molar-refractivity contribution in [2.45, 2.75) is 16.2 Å². The summed E-state index contributed by atoms with van der Waals surface area (Å²) in [5.74, 6) is 0. The molecule has 0 atom stereocenters. The van der Waals surface area contributed by atoms with Crippen LogP contribution in [0.3, 0.4) is 0 Å². The van der Waals surface area contributed by atoms with E-state index in [1.54, 1.807) is 0 Å². The molecule has 0 N–H and O–H groups in total. The minimum Gasteiger partial charge on any atom is -0.0888 e. The Morgan fingerprint density at radius 2 is 1.32 bits per heavy atom. The van der Waals surface area contributed by atoms with Crippen molar-refractivity contribution in [2.24, 2.45) is 0 Å². The van der Waals surface area contributed by atoms with Gasteiger partial charge in [0.05, 0.1) is 0 Å². The first-order valence-electron chi connectivity index (χ1n) is 7.59. The summed E-state index contributed by atoms with van der Waals surface area (Å²) in [5.41, 5.74) is 2.93. The Morgan fingerprint density at radius 3 is 2.18 bits per heavy atom. The van der Waals surface area contributed by atoms with Gasteiger partial charge >= 0.3 is 0 Å². The van der Waals surface area contributed by atoms with Crippen LogP contribution < -0.4 is 0 Å². The Kier molecular flexibility index (Phi) is 2.59. The molecule has 1 aliphatic heterocycles. The molecule has 4 aromatic carbocycles. The van der Waals surface area contributed by atoms with Crippen LogP contribution in [0.1, 0.15) is 11.1 Å². The lowest BCUT2D eigenvalue weighted by Gasteiger charge is -2.22. The third-order valence-corrected chi connectivity index (χ3v) is 5.83. The zero-order chi connectivity index (χ0) is 14.5. The molecule has 0 bridgehead atoms. The monoisotopic (exact) mass is 298 g/mol. The lowest BCUT2D eigenvalue weighted by Crippen LogP contribution is -2.01. The van der Waals surface area contributed by atoms with Gasteiger partial charge in [-0.2, -0.15) is 0 Å². The predicted octanol–water partition coefficient (Wildman–Crippen LogP) is 6.05. The van der Waals surface area contributed by atoms with Crippen molar-refractivity contribution < 1.29 is 0 Å². The molecule has 1 heteroatoms. The van der Waals surface area contributed by atoms with Gasteiger partial charge in [-0.1, -0.05) is 78.5 Å². The summed E-state index contributed by atoms with van der Waals surface area (Å²) in [6.45, 7) is 0. The third-order valence-electron chi connectivity index (χ3n) is 4.54. The van der Waals surface area contributed by atoms with E-state index in [9.17, 15) is 0 Å². The largest absolute Gasteiger partial charge is 0.0888 e. The fourth-order valence-electron chi connectivity index (χ4n) is 3.44. The highest BCUT2D eigenvalue weighted by Crippen LogP contribution is 2.45. The molecular formula is C21H14S. The molecule has 22 heavy (non-hydrogen) atoms. The quantitative estimate of drug-likeness (QED) is 0.335. The molecule has 0 saturated carbocycles. The number of hydrogen-bond donors (Lipinski definition) is 0. The lowest BCUT2D eigenvalue weighted by atomic mass is 9.96. The van der Waals surface area contributed by atoms with Crippen molar-refractivity contribution >= 4 is 33.3 Å². The van der Waals surface area contributed by atoms with Gasteiger partial charge in [0.1, 0.15) is 0 Å². The second-order valence-electron chi connectivity index (χ2n) is 5.82. The van der Waals surface area contributed by atoms with E-state index in [4.69, 9.17) is 0 Å². The number of benzene rings is 4. The van der Waals surface area contributed by atoms with E-state index >= 15 is 0 Å². The zero-order valence-electron chi connectivity index (χ0n) is 12.0. The molecule has 1 heterocycles. The summed E-state index contributed by atoms with van der Waals surface area (Å²) < 4.78 is 0. The van der Waals surface area contributed by atoms with Gasteiger partial charge in [-0.15, -0.1) is 0 Å². The Balaban J connectivity index is 1.78. The van der Waals surface area contributed by atoms with Gasteiger partial charge in [0.15, 0.2) is 0 Å². The molecule has 0 unspecified atom stereocenters. The average Bonchev–Trinajstić information content (AvgIpc) is 2.60. The van der Waals surface area contributed by atoms with Gasteiger partial charge in [0.25, 0.3) is 0 Å². The highest BCUT2D eigenvalue weighted by atomic mass is 32.2. The molecule has 1 aliphatic rings. The van der Waals surface area contributed by atoms with Crippen LogP contribution >= 0.6 is 11.8 Å². The maximum absolute atomic E-state index is 2.30. The van der Waals surface area contributed by atoms with Gasteiger partial charge in [0, 0.05) is 16.2 Å². The third kappa shape index (κ3) is 1.72. The number of rotatable bonds is 0. The molecule has 0 amide bonds. The van der Waals surface area contributed by atoms with E-state index in [0.29, 0.717) is 0 Å². The van der Waals surface area contributed by atoms with Crippen molar-refractivity contribution in [1.29, 1.82) is 0 Å². The normalized spacial score (nSPS) is 13.1. The van der Waals surface area contributed by atoms with Crippen LogP contribution in [-0.2, 0) is 6.42 Å². The predicted molar refractivity (Wildman–Crippen MR) is 94.8 cm³/mol. The topological polar surface area (TPSA) is 0 Å². The highest BCUT2D eigenvalue weighted by Gasteiger charge is 2.19. The molecule has 4 aromatic rings. The molecular weight excluding hydrogens is 284 g/mol. The molecule has 104 valence electrons. The smallest absolute Gasteiger partial charge is 0.0236 e. The number of fused-ring (bicyclic) bond motifs is 6. The standard InChI is InChI=1S/C21H14S/c1-3-7-17-14(5-1)11-12-20-19(17)13-16-10-9-15-6-2-4-8-18(15)21(16)22-20/h1-12H,13H2. The zero-order valence-corrected chi connectivity index (χ0v) is 12.9. The van der Waals surface area contributed by atoms with Crippen molar-refractivity contribution in [3.05, 3.63) is 83.9 Å². The molecule has 0 aliphatic carbocycles. The molecule has 5 rings (SSSR count). The van der Waals surface area contributed by atoms with Crippen molar-refractivity contribution in [3.63, 3.8) is 0 Å². The van der Waals surface area contributed by atoms with Crippen LogP contribution in [-0.4, -0.2) is 0 Å². The molecule has 0 radical (unpaired) electrons. The second kappa shape index (κ2) is 4.62. The van der Waals surface area contributed by atoms with Gasteiger partial charge in [-0.25, -0.2) is 0 Å². The van der Waals surface area contributed by atoms with Gasteiger partial charge in [-0.05, 0) is 38.7 Å². The molecule has 0 spiro atoms. The molecule has 0 aromatic heterocycles. The fraction of sp³-hybridized carbons (Fsp3) is 0.0476. The summed E-state index contributed by atoms with van der Waals surface area (Å²) in [7, 11) is 0. The maximum Gasteiger partial charge on any atom is 0.0236 e. The summed E-state index contributed by atoms with van der Waals surface area (Å²) in [4.78, 5) is 2.84. The van der Waals surface area contributed by atoms with E-state index in [0.717, 1.165) is 6.42 Å². The minimum absolute atomic E-state index is 1.03. The first-order chi connectivity index (χ1) is 10.9. The van der Waals surface area contributed by atoms with Gasteiger partial charge in [-0.3, -0.25) is 0 Å². The van der Waals surface area contributed by atoms with E-state index in [1.165, 1.54) is 42.5 Å². The SMILES string of the molecule is c1ccc2c3c(ccc2c1)Sc1c(ccc2ccccc12)C3. The molecule has 0 saturated heterocycles. The minimum atomic E-state index is 1.03. The Morgan fingerprint density at radius 1 is 0.636 bits per heavy atom. The van der Waals surface area contributed by atoms with Crippen LogP contribution in [0.4, 0.5) is 0 Å². The first-order valence-corrected chi connectivity index (χ1v) is 8.41. The van der Waals surface area contributed by atoms with E-state index in [-0.39, 0.29) is 0 Å². The van der Waals surface area contributed by atoms with Gasteiger partial charge in [0.2, 0.25) is 0 Å². The fourth-order valence-corrected chi connectivity index (χ4v) is 4.67. The van der Waals surface area contributed by atoms with Crippen molar-refractivity contribution in [2.75, 3.05) is 0 Å². The molecule has 0 fully saturated rings. The second-order valence-corrected chi connectivity index (χ2v) is 6.87. The highest BCUT2D eigenvalue weighted by molar-refractivity contribution is 7.99. The van der Waals surface area contributed by atoms with Gasteiger partial charge < -0.3 is 0 Å². The Hall–Kier alpha value is -2.25. The van der Waals surface area contributed by atoms with E-state index in [2.05, 4.69) is 72.8 Å². The summed E-state index contributed by atoms with van der Waals surface area (Å²) >= 11 is 1.93. The van der Waals surface area contributed by atoms with Crippen LogP contribution in [0.15, 0.2) is 82.6 Å². The van der Waals surface area contributed by atoms with Crippen molar-refractivity contribution in [1.82, 2.24) is 0 Å².